The van der Waals surface area contributed by atoms with Gasteiger partial charge >= 0.3 is 0 Å². The van der Waals surface area contributed by atoms with Crippen molar-refractivity contribution in [3.63, 3.8) is 0 Å². The third-order valence-corrected chi connectivity index (χ3v) is 6.54. The molecule has 1 aromatic heterocycles. The highest BCUT2D eigenvalue weighted by molar-refractivity contribution is 7.99. The zero-order chi connectivity index (χ0) is 22.7. The molecule has 3 amide bonds. The minimum absolute atomic E-state index is 0.197. The van der Waals surface area contributed by atoms with E-state index in [1.165, 1.54) is 42.2 Å². The van der Waals surface area contributed by atoms with Crippen LogP contribution in [0.2, 0.25) is 0 Å². The van der Waals surface area contributed by atoms with Crippen LogP contribution in [-0.4, -0.2) is 45.3 Å². The van der Waals surface area contributed by atoms with Gasteiger partial charge in [0.05, 0.1) is 11.6 Å². The summed E-state index contributed by atoms with van der Waals surface area (Å²) in [7, 11) is 0. The van der Waals surface area contributed by atoms with Crippen LogP contribution in [0.4, 0.5) is 15.2 Å². The maximum Gasteiger partial charge on any atom is 0.255 e. The van der Waals surface area contributed by atoms with E-state index >= 15 is 0 Å². The Kier molecular flexibility index (Phi) is 6.52. The number of aromatic nitrogens is 1. The highest BCUT2D eigenvalue weighted by Crippen LogP contribution is 2.30. The Morgan fingerprint density at radius 2 is 1.91 bits per heavy atom. The van der Waals surface area contributed by atoms with Gasteiger partial charge in [-0.25, -0.2) is 9.37 Å². The Morgan fingerprint density at radius 3 is 2.62 bits per heavy atom. The largest absolute Gasteiger partial charge is 0.326 e. The van der Waals surface area contributed by atoms with E-state index in [1.807, 2.05) is 6.07 Å². The van der Waals surface area contributed by atoms with Gasteiger partial charge in [0.2, 0.25) is 11.8 Å². The molecule has 1 aliphatic rings. The maximum atomic E-state index is 14.5. The van der Waals surface area contributed by atoms with Crippen LogP contribution in [0.3, 0.4) is 0 Å². The van der Waals surface area contributed by atoms with Crippen molar-refractivity contribution < 1.29 is 18.8 Å². The molecule has 2 heterocycles. The summed E-state index contributed by atoms with van der Waals surface area (Å²) in [5.41, 5.74) is 1.51. The Balaban J connectivity index is 1.46. The number of hydrogen-bond donors (Lipinski definition) is 2. The zero-order valence-corrected chi connectivity index (χ0v) is 18.6. The monoisotopic (exact) mass is 470 g/mol. The van der Waals surface area contributed by atoms with E-state index in [2.05, 4.69) is 15.6 Å². The first-order valence-corrected chi connectivity index (χ1v) is 11.7. The molecule has 0 bridgehead atoms. The van der Waals surface area contributed by atoms with Crippen LogP contribution in [0.1, 0.15) is 17.3 Å². The molecule has 0 spiro atoms. The average Bonchev–Trinajstić information content (AvgIpc) is 3.43. The molecule has 3 aromatic rings. The Bertz CT molecular complexity index is 1170. The lowest BCUT2D eigenvalue weighted by atomic mass is 10.1. The topological polar surface area (TPSA) is 91.4 Å². The Morgan fingerprint density at radius 1 is 1.12 bits per heavy atom. The number of thioether (sulfide) groups is 1. The molecule has 0 unspecified atom stereocenters. The van der Waals surface area contributed by atoms with Crippen LogP contribution in [0, 0.1) is 5.82 Å². The van der Waals surface area contributed by atoms with Gasteiger partial charge in [0, 0.05) is 34.9 Å². The normalized spacial score (nSPS) is 15.4. The van der Waals surface area contributed by atoms with Gasteiger partial charge in [0.1, 0.15) is 11.9 Å². The van der Waals surface area contributed by atoms with Crippen molar-refractivity contribution in [2.45, 2.75) is 13.0 Å². The molecule has 164 valence electrons. The average molecular weight is 471 g/mol. The number of carbonyl (C=O) groups is 3. The molecule has 10 heteroatoms. The van der Waals surface area contributed by atoms with Crippen LogP contribution >= 0.6 is 23.1 Å². The van der Waals surface area contributed by atoms with Gasteiger partial charge in [0.25, 0.3) is 5.91 Å². The van der Waals surface area contributed by atoms with E-state index in [-0.39, 0.29) is 23.3 Å². The van der Waals surface area contributed by atoms with Crippen molar-refractivity contribution in [3.05, 3.63) is 65.3 Å². The highest BCUT2D eigenvalue weighted by Gasteiger charge is 2.35. The predicted octanol–water partition coefficient (Wildman–Crippen LogP) is 4.06. The minimum Gasteiger partial charge on any atom is -0.326 e. The number of anilines is 2. The van der Waals surface area contributed by atoms with Crippen LogP contribution in [0.15, 0.2) is 53.9 Å². The molecule has 7 nitrogen and oxygen atoms in total. The van der Waals surface area contributed by atoms with Gasteiger partial charge in [-0.3, -0.25) is 14.4 Å². The highest BCUT2D eigenvalue weighted by atomic mass is 32.2. The summed E-state index contributed by atoms with van der Waals surface area (Å²) in [6.07, 6.45) is 0. The fourth-order valence-corrected chi connectivity index (χ4v) is 5.12. The molecule has 4 rings (SSSR count). The number of benzene rings is 2. The second kappa shape index (κ2) is 9.49. The van der Waals surface area contributed by atoms with E-state index in [1.54, 1.807) is 40.6 Å². The molecular formula is C22H19FN4O3S2. The molecule has 0 aliphatic carbocycles. The van der Waals surface area contributed by atoms with Gasteiger partial charge in [-0.05, 0) is 30.3 Å². The molecule has 0 saturated carbocycles. The van der Waals surface area contributed by atoms with Gasteiger partial charge < -0.3 is 15.5 Å². The van der Waals surface area contributed by atoms with Crippen LogP contribution in [0.25, 0.3) is 11.3 Å². The lowest BCUT2D eigenvalue weighted by Gasteiger charge is -2.22. The number of halogens is 1. The second-order valence-electron chi connectivity index (χ2n) is 7.06. The molecule has 2 aromatic carbocycles. The lowest BCUT2D eigenvalue weighted by Crippen LogP contribution is -2.44. The number of carbonyl (C=O) groups excluding carboxylic acids is 3. The quantitative estimate of drug-likeness (QED) is 0.587. The number of nitrogens with one attached hydrogen (secondary N) is 2. The van der Waals surface area contributed by atoms with Crippen LogP contribution in [0.5, 0.6) is 0 Å². The van der Waals surface area contributed by atoms with Gasteiger partial charge in [-0.2, -0.15) is 0 Å². The first-order valence-electron chi connectivity index (χ1n) is 9.70. The standard InChI is InChI=1S/C22H19FN4O3S2/c1-13(28)24-15-7-8-16(17(23)9-15)18-10-32-22(25-18)26-20(29)19-11-31-12-27(19)21(30)14-5-3-2-4-6-14/h2-10,19H,11-12H2,1H3,(H,24,28)(H,25,26,29)/t19-/m0/s1. The van der Waals surface area contributed by atoms with E-state index in [4.69, 9.17) is 0 Å². The SMILES string of the molecule is CC(=O)Nc1ccc(-c2csc(NC(=O)[C@@H]3CSCN3C(=O)c3ccccc3)n2)c(F)c1. The van der Waals surface area contributed by atoms with Crippen molar-refractivity contribution in [1.29, 1.82) is 0 Å². The van der Waals surface area contributed by atoms with Crippen LogP contribution < -0.4 is 10.6 Å². The molecular weight excluding hydrogens is 451 g/mol. The summed E-state index contributed by atoms with van der Waals surface area (Å²) in [5, 5.41) is 7.23. The smallest absolute Gasteiger partial charge is 0.255 e. The van der Waals surface area contributed by atoms with E-state index in [0.717, 1.165) is 0 Å². The summed E-state index contributed by atoms with van der Waals surface area (Å²) in [6, 6.07) is 12.5. The molecule has 1 atom stereocenters. The van der Waals surface area contributed by atoms with Gasteiger partial charge in [-0.15, -0.1) is 23.1 Å². The number of thiazole rings is 1. The van der Waals surface area contributed by atoms with Crippen molar-refractivity contribution >= 4 is 51.6 Å². The first-order chi connectivity index (χ1) is 15.4. The number of nitrogens with zero attached hydrogens (tertiary/aromatic N) is 2. The molecule has 32 heavy (non-hydrogen) atoms. The summed E-state index contributed by atoms with van der Waals surface area (Å²) >= 11 is 2.68. The van der Waals surface area contributed by atoms with Crippen molar-refractivity contribution in [2.24, 2.45) is 0 Å². The number of amides is 3. The van der Waals surface area contributed by atoms with E-state index in [0.29, 0.717) is 33.7 Å². The van der Waals surface area contributed by atoms with Crippen molar-refractivity contribution in [2.75, 3.05) is 22.3 Å². The predicted molar refractivity (Wildman–Crippen MR) is 124 cm³/mol. The van der Waals surface area contributed by atoms with E-state index < -0.39 is 11.9 Å². The fourth-order valence-electron chi connectivity index (χ4n) is 3.25. The fraction of sp³-hybridized carbons (Fsp3) is 0.182. The van der Waals surface area contributed by atoms with E-state index in [9.17, 15) is 18.8 Å². The summed E-state index contributed by atoms with van der Waals surface area (Å²) < 4.78 is 14.5. The summed E-state index contributed by atoms with van der Waals surface area (Å²) in [4.78, 5) is 42.6. The van der Waals surface area contributed by atoms with Gasteiger partial charge in [0.15, 0.2) is 5.13 Å². The minimum atomic E-state index is -0.617. The lowest BCUT2D eigenvalue weighted by molar-refractivity contribution is -0.119. The molecule has 1 fully saturated rings. The first kappa shape index (κ1) is 22.0. The van der Waals surface area contributed by atoms with Crippen LogP contribution in [-0.2, 0) is 9.59 Å². The maximum absolute atomic E-state index is 14.5. The summed E-state index contributed by atoms with van der Waals surface area (Å²) in [5.74, 6) is -0.437. The van der Waals surface area contributed by atoms with Crippen molar-refractivity contribution in [3.8, 4) is 11.3 Å². The second-order valence-corrected chi connectivity index (χ2v) is 8.92. The molecule has 2 N–H and O–H groups in total. The van der Waals surface area contributed by atoms with Crippen molar-refractivity contribution in [1.82, 2.24) is 9.88 Å². The third kappa shape index (κ3) is 4.81. The Labute approximate surface area is 192 Å². The molecule has 0 radical (unpaired) electrons. The third-order valence-electron chi connectivity index (χ3n) is 4.77. The summed E-state index contributed by atoms with van der Waals surface area (Å²) in [6.45, 7) is 1.35. The molecule has 1 aliphatic heterocycles. The number of hydrogen-bond acceptors (Lipinski definition) is 6. The number of rotatable bonds is 5. The Hall–Kier alpha value is -3.24. The molecule has 1 saturated heterocycles. The van der Waals surface area contributed by atoms with Gasteiger partial charge in [-0.1, -0.05) is 18.2 Å². The zero-order valence-electron chi connectivity index (χ0n) is 17.0.